The van der Waals surface area contributed by atoms with Crippen LogP contribution in [-0.4, -0.2) is 65.4 Å². The first-order chi connectivity index (χ1) is 40.9. The van der Waals surface area contributed by atoms with Crippen molar-refractivity contribution >= 4 is 35.8 Å². The molecule has 16 nitrogen and oxygen atoms in total. The summed E-state index contributed by atoms with van der Waals surface area (Å²) >= 11 is 0. The summed E-state index contributed by atoms with van der Waals surface area (Å²) in [5.41, 5.74) is 19.4. The largest absolute Gasteiger partial charge is 1.00 e. The van der Waals surface area contributed by atoms with Gasteiger partial charge in [-0.05, 0) is 88.2 Å². The van der Waals surface area contributed by atoms with Gasteiger partial charge in [0.25, 0.3) is 5.82 Å². The number of aryl methyl sites for hydroxylation is 3. The number of halogens is 1. The molecule has 0 bridgehead atoms. The molecular weight excluding hydrogens is 1230 g/mol. The average Bonchev–Trinajstić information content (AvgIpc) is 4.34. The molecule has 4 aromatic heterocycles. The van der Waals surface area contributed by atoms with E-state index in [0.29, 0.717) is 23.9 Å². The zero-order chi connectivity index (χ0) is 62.9. The summed E-state index contributed by atoms with van der Waals surface area (Å²) in [5.74, 6) is 1.10. The van der Waals surface area contributed by atoms with E-state index in [-0.39, 0.29) is 80.1 Å². The van der Waals surface area contributed by atoms with E-state index >= 15 is 0 Å². The van der Waals surface area contributed by atoms with Gasteiger partial charge in [-0.25, -0.2) is 15.5 Å². The van der Waals surface area contributed by atoms with Crippen molar-refractivity contribution in [2.24, 2.45) is 5.10 Å². The van der Waals surface area contributed by atoms with E-state index < -0.39 is 6.29 Å². The van der Waals surface area contributed by atoms with Crippen LogP contribution in [-0.2, 0) is 25.6 Å². The molecule has 0 saturated carbocycles. The summed E-state index contributed by atoms with van der Waals surface area (Å²) in [4.78, 5) is 58.6. The number of aldehydes is 2. The van der Waals surface area contributed by atoms with Gasteiger partial charge in [-0.3, -0.25) is 19.8 Å². The Hall–Kier alpha value is -7.77. The molecule has 1 aliphatic heterocycles. The van der Waals surface area contributed by atoms with Crippen LogP contribution in [0.5, 0.6) is 0 Å². The molecule has 0 aliphatic carbocycles. The number of allylic oxidation sites excluding steroid dienone is 1. The molecule has 1 aliphatic rings. The molecule has 18 heteroatoms. The maximum atomic E-state index is 11.8. The van der Waals surface area contributed by atoms with Crippen molar-refractivity contribution in [2.75, 3.05) is 14.2 Å². The Balaban J connectivity index is -0.000000231. The number of hydrazone groups is 1. The predicted molar refractivity (Wildman–Crippen MR) is 357 cm³/mol. The zero-order valence-corrected chi connectivity index (χ0v) is 57.7. The number of methoxy groups -OCH3 is 2. The van der Waals surface area contributed by atoms with Gasteiger partial charge in [0.1, 0.15) is 17.7 Å². The standard InChI is InChI=1S/C13H13N5.C13H10N2.C13H11NO.C13H12NO.C7H12O3.C2H4O.4C2H6.CH4.HI.H2N.Na.H2/c1-9-7-11(10-5-3-2-4-6-10)14-12(8-9)13-15-17-18-16-13;1-10-8-12(15-13(9-10)14-2)11-6-4-3-5-7-11;1-10-7-12(9-15)14-13(8-10)11-5-3-2-4-6-11;15-13(12-7-3-1-4-8-12)11-14-9-5-2-6-10-14;1-4-5-6(8)7(9-2)10-3;1-2-3;4*1-2;;;;;/h2-8,17-18H,1H3,(H,15,16);3-9H,1H3;2-9H,1H3;1-10H,11H2;4-5,7H,1-3H3;2H,1H3;4*1-2H3;1H4;1H;1H2;;1H/q;;;+1;;;;;;;;;-1;+1;/p-1/b;;;;5-4+;;;;;;;;;;/i;;;;;;;;;;;;;;1+1. The number of amidine groups is 1. The van der Waals surface area contributed by atoms with E-state index in [1.807, 2.05) is 251 Å². The Kier molecular flexibility index (Phi) is 57.6. The molecule has 0 saturated heterocycles. The minimum absolute atomic E-state index is 0. The number of nitrogens with zero attached hydrogens (tertiary/aromatic N) is 6. The van der Waals surface area contributed by atoms with E-state index in [1.54, 1.807) is 25.1 Å². The van der Waals surface area contributed by atoms with E-state index in [0.717, 1.165) is 74.3 Å². The van der Waals surface area contributed by atoms with Gasteiger partial charge in [0.2, 0.25) is 24.4 Å². The average molecular weight is 1320 g/mol. The number of hydrazine groups is 2. The molecule has 0 amide bonds. The van der Waals surface area contributed by atoms with Crippen molar-refractivity contribution in [3.05, 3.63) is 252 Å². The van der Waals surface area contributed by atoms with Gasteiger partial charge in [0.15, 0.2) is 30.2 Å². The minimum atomic E-state index is -0.754. The van der Waals surface area contributed by atoms with Gasteiger partial charge in [-0.15, -0.1) is 15.6 Å². The number of hydrogen-bond donors (Lipinski definition) is 3. The van der Waals surface area contributed by atoms with Crippen LogP contribution < -0.4 is 74.6 Å². The number of carbonyl (C=O) groups excluding carboxylic acids is 4. The fraction of sp³-hybridized carbons (Fsp3) is 0.257. The van der Waals surface area contributed by atoms with Gasteiger partial charge < -0.3 is 49.2 Å². The molecule has 88 heavy (non-hydrogen) atoms. The summed E-state index contributed by atoms with van der Waals surface area (Å²) in [7, 11) is 2.85. The number of ketones is 2. The maximum absolute atomic E-state index is 11.8. The van der Waals surface area contributed by atoms with Crippen LogP contribution in [0.25, 0.3) is 44.8 Å². The molecule has 0 atom stereocenters. The summed E-state index contributed by atoms with van der Waals surface area (Å²) < 4.78 is 11.3. The molecule has 5 N–H and O–H groups in total. The number of rotatable bonds is 12. The van der Waals surface area contributed by atoms with E-state index in [9.17, 15) is 14.4 Å². The number of ether oxygens (including phenoxy) is 2. The van der Waals surface area contributed by atoms with Gasteiger partial charge in [0.05, 0.1) is 11.4 Å². The third-order valence-corrected chi connectivity index (χ3v) is 10.2. The Bertz CT molecular complexity index is 3180. The van der Waals surface area contributed by atoms with Gasteiger partial charge >= 0.3 is 29.6 Å². The topological polar surface area (TPSA) is 216 Å². The number of nitrogens with one attached hydrogen (secondary N) is 3. The maximum Gasteiger partial charge on any atom is 1.00 e. The number of hydrogen-bond acceptors (Lipinski definition) is 13. The van der Waals surface area contributed by atoms with E-state index in [2.05, 4.69) is 47.5 Å². The number of carbonyl (C=O) groups is 4. The van der Waals surface area contributed by atoms with Crippen molar-refractivity contribution in [3.63, 3.8) is 0 Å². The summed E-state index contributed by atoms with van der Waals surface area (Å²) in [6.45, 7) is 32.5. The molecule has 8 aromatic rings. The molecular formula is C70H94IN10NaO6. The molecule has 5 heterocycles. The second-order valence-electron chi connectivity index (χ2n) is 16.2. The van der Waals surface area contributed by atoms with Crippen LogP contribution in [0.2, 0.25) is 0 Å². The van der Waals surface area contributed by atoms with Gasteiger partial charge in [0, 0.05) is 50.0 Å². The Morgan fingerprint density at radius 1 is 0.602 bits per heavy atom. The normalized spacial score (nSPS) is 9.51. The molecule has 468 valence electrons. The van der Waals surface area contributed by atoms with Crippen molar-refractivity contribution in [3.8, 4) is 33.8 Å². The number of benzene rings is 4. The van der Waals surface area contributed by atoms with Crippen LogP contribution in [0.4, 0.5) is 5.82 Å². The SMILES string of the molecule is C.C/C=C/C(=O)C(OC)OC.CC.CC.CC.CC.CC=O.Cc1cc(C2=NNNN2)nc(-c2ccccc2)c1.Cc1cc(C=O)nc(-c2ccccc2)c1.O=C(C[n+]1ccccc1)c1ccccc1.[2HH].[C-]#[N+]c1cc(C)cc(-c2ccccc2)n1.[I-].[NH2-].[Na+]. The predicted octanol–water partition coefficient (Wildman–Crippen LogP) is 10.3. The van der Waals surface area contributed by atoms with Gasteiger partial charge in [-0.2, -0.15) is 4.57 Å². The Morgan fingerprint density at radius 2 is 0.989 bits per heavy atom. The van der Waals surface area contributed by atoms with Crippen LogP contribution in [0.1, 0.15) is 121 Å². The number of aromatic nitrogens is 4. The first-order valence-corrected chi connectivity index (χ1v) is 27.9. The molecule has 0 fully saturated rings. The molecule has 0 radical (unpaired) electrons. The second-order valence-corrected chi connectivity index (χ2v) is 16.2. The summed E-state index contributed by atoms with van der Waals surface area (Å²) in [6.07, 6.45) is 7.61. The number of pyridine rings is 4. The van der Waals surface area contributed by atoms with Crippen LogP contribution in [0.15, 0.2) is 206 Å². The third kappa shape index (κ3) is 35.8. The molecule has 0 unspecified atom stereocenters. The number of nitrogens with two attached hydrogens (primary N) is 1. The Labute approximate surface area is 566 Å². The smallest absolute Gasteiger partial charge is 1.00 e. The minimum Gasteiger partial charge on any atom is -1.00 e. The molecule has 4 aromatic carbocycles. The first-order valence-electron chi connectivity index (χ1n) is 27.9. The Morgan fingerprint density at radius 3 is 1.39 bits per heavy atom. The van der Waals surface area contributed by atoms with Crippen LogP contribution in [0, 0.1) is 27.3 Å². The monoisotopic (exact) mass is 1320 g/mol. The fourth-order valence-electron chi connectivity index (χ4n) is 6.83. The van der Waals surface area contributed by atoms with E-state index in [4.69, 9.17) is 20.8 Å². The number of Topliss-reactive ketones (excluding diaryl/α,β-unsaturated/α-hetero) is 1. The van der Waals surface area contributed by atoms with Crippen molar-refractivity contribution in [1.29, 1.82) is 0 Å². The summed E-state index contributed by atoms with van der Waals surface area (Å²) in [5, 5.41) is 4.06. The van der Waals surface area contributed by atoms with Crippen LogP contribution in [0.3, 0.4) is 0 Å². The van der Waals surface area contributed by atoms with Crippen LogP contribution >= 0.6 is 0 Å². The first kappa shape index (κ1) is 89.0. The van der Waals surface area contributed by atoms with Crippen molar-refractivity contribution < 1.29 is 88.2 Å². The fourth-order valence-corrected chi connectivity index (χ4v) is 6.83. The molecule has 0 spiro atoms. The third-order valence-electron chi connectivity index (χ3n) is 10.2. The van der Waals surface area contributed by atoms with Crippen molar-refractivity contribution in [2.45, 2.75) is 110 Å². The van der Waals surface area contributed by atoms with E-state index in [1.165, 1.54) is 27.2 Å². The second kappa shape index (κ2) is 57.0. The molecule has 9 rings (SSSR count). The zero-order valence-electron chi connectivity index (χ0n) is 53.6. The quantitative estimate of drug-likeness (QED) is 0.0152. The summed E-state index contributed by atoms with van der Waals surface area (Å²) in [6, 6.07) is 56.5. The van der Waals surface area contributed by atoms with Crippen molar-refractivity contribution in [1.82, 2.24) is 31.4 Å². The van der Waals surface area contributed by atoms with Gasteiger partial charge in [-0.1, -0.05) is 208 Å².